The van der Waals surface area contributed by atoms with Crippen molar-refractivity contribution in [1.29, 1.82) is 0 Å². The van der Waals surface area contributed by atoms with Crippen LogP contribution in [-0.4, -0.2) is 25.0 Å². The Morgan fingerprint density at radius 2 is 2.33 bits per heavy atom. The van der Waals surface area contributed by atoms with E-state index in [2.05, 4.69) is 20.3 Å². The second-order valence-corrected chi connectivity index (χ2v) is 3.15. The van der Waals surface area contributed by atoms with E-state index in [0.29, 0.717) is 12.6 Å². The van der Waals surface area contributed by atoms with Crippen molar-refractivity contribution in [2.24, 2.45) is 7.05 Å². The van der Waals surface area contributed by atoms with Gasteiger partial charge in [0, 0.05) is 18.9 Å². The van der Waals surface area contributed by atoms with Crippen LogP contribution in [0.25, 0.3) is 0 Å². The highest BCUT2D eigenvalue weighted by molar-refractivity contribution is 5.03. The van der Waals surface area contributed by atoms with Crippen LogP contribution in [0.2, 0.25) is 0 Å². The van der Waals surface area contributed by atoms with Crippen molar-refractivity contribution < 1.29 is 4.74 Å². The Bertz CT molecular complexity index is 453. The van der Waals surface area contributed by atoms with Crippen LogP contribution in [-0.2, 0) is 13.7 Å². The van der Waals surface area contributed by atoms with Gasteiger partial charge in [-0.05, 0) is 13.0 Å². The summed E-state index contributed by atoms with van der Waals surface area (Å²) < 4.78 is 6.97. The zero-order valence-electron chi connectivity index (χ0n) is 8.58. The standard InChI is InChI=1S/C9H11N5O/c1-7-3-4-10-9(11-7)15-6-8-5-14(2)13-12-8/h3-5H,6H2,1-2H3. The lowest BCUT2D eigenvalue weighted by Crippen LogP contribution is -2.00. The number of nitrogens with zero attached hydrogens (tertiary/aromatic N) is 5. The normalized spacial score (nSPS) is 10.3. The third-order valence-electron chi connectivity index (χ3n) is 1.77. The van der Waals surface area contributed by atoms with Gasteiger partial charge in [0.1, 0.15) is 12.3 Å². The third-order valence-corrected chi connectivity index (χ3v) is 1.77. The minimum absolute atomic E-state index is 0.331. The molecule has 0 saturated heterocycles. The van der Waals surface area contributed by atoms with Crippen LogP contribution >= 0.6 is 0 Å². The van der Waals surface area contributed by atoms with Gasteiger partial charge in [0.25, 0.3) is 0 Å². The van der Waals surface area contributed by atoms with Crippen molar-refractivity contribution in [1.82, 2.24) is 25.0 Å². The largest absolute Gasteiger partial charge is 0.457 e. The molecule has 78 valence electrons. The fourth-order valence-electron chi connectivity index (χ4n) is 1.10. The van der Waals surface area contributed by atoms with Crippen molar-refractivity contribution in [2.45, 2.75) is 13.5 Å². The quantitative estimate of drug-likeness (QED) is 0.729. The topological polar surface area (TPSA) is 65.7 Å². The van der Waals surface area contributed by atoms with Crippen LogP contribution < -0.4 is 4.74 Å². The second kappa shape index (κ2) is 4.04. The molecule has 0 spiro atoms. The second-order valence-electron chi connectivity index (χ2n) is 3.15. The lowest BCUT2D eigenvalue weighted by atomic mass is 10.5. The number of hydrogen-bond acceptors (Lipinski definition) is 5. The van der Waals surface area contributed by atoms with Crippen LogP contribution in [0.4, 0.5) is 0 Å². The van der Waals surface area contributed by atoms with E-state index in [0.717, 1.165) is 11.4 Å². The molecule has 0 aliphatic heterocycles. The minimum atomic E-state index is 0.331. The first-order valence-corrected chi connectivity index (χ1v) is 4.52. The molecule has 0 aliphatic carbocycles. The van der Waals surface area contributed by atoms with Gasteiger partial charge in [0.05, 0.1) is 6.20 Å². The summed E-state index contributed by atoms with van der Waals surface area (Å²) in [6, 6.07) is 2.18. The van der Waals surface area contributed by atoms with Crippen LogP contribution in [0, 0.1) is 6.92 Å². The first-order valence-electron chi connectivity index (χ1n) is 4.52. The smallest absolute Gasteiger partial charge is 0.316 e. The van der Waals surface area contributed by atoms with E-state index in [9.17, 15) is 0 Å². The van der Waals surface area contributed by atoms with Gasteiger partial charge in [-0.1, -0.05) is 5.21 Å². The predicted octanol–water partition coefficient (Wildman–Crippen LogP) is 0.493. The van der Waals surface area contributed by atoms with Gasteiger partial charge in [0.15, 0.2) is 0 Å². The number of rotatable bonds is 3. The Balaban J connectivity index is 1.99. The highest BCUT2D eigenvalue weighted by atomic mass is 16.5. The zero-order valence-corrected chi connectivity index (χ0v) is 8.58. The molecule has 6 nitrogen and oxygen atoms in total. The maximum atomic E-state index is 5.35. The van der Waals surface area contributed by atoms with E-state index in [1.165, 1.54) is 0 Å². The highest BCUT2D eigenvalue weighted by Gasteiger charge is 2.01. The Morgan fingerprint density at radius 1 is 1.47 bits per heavy atom. The Hall–Kier alpha value is -1.98. The van der Waals surface area contributed by atoms with Crippen LogP contribution in [0.1, 0.15) is 11.4 Å². The van der Waals surface area contributed by atoms with Crippen LogP contribution in [0.3, 0.4) is 0 Å². The van der Waals surface area contributed by atoms with Crippen molar-refractivity contribution in [3.8, 4) is 6.01 Å². The Kier molecular flexibility index (Phi) is 2.57. The van der Waals surface area contributed by atoms with Crippen LogP contribution in [0.5, 0.6) is 6.01 Å². The van der Waals surface area contributed by atoms with Crippen molar-refractivity contribution in [3.05, 3.63) is 29.8 Å². The van der Waals surface area contributed by atoms with Crippen molar-refractivity contribution in [3.63, 3.8) is 0 Å². The van der Waals surface area contributed by atoms with Gasteiger partial charge in [-0.25, -0.2) is 9.97 Å². The monoisotopic (exact) mass is 205 g/mol. The fraction of sp³-hybridized carbons (Fsp3) is 0.333. The minimum Gasteiger partial charge on any atom is -0.457 e. The average molecular weight is 205 g/mol. The molecule has 2 heterocycles. The molecule has 0 N–H and O–H groups in total. The molecular formula is C9H11N5O. The van der Waals surface area contributed by atoms with E-state index >= 15 is 0 Å². The van der Waals surface area contributed by atoms with Crippen molar-refractivity contribution in [2.75, 3.05) is 0 Å². The molecule has 0 bridgehead atoms. The van der Waals surface area contributed by atoms with E-state index in [1.807, 2.05) is 13.0 Å². The maximum absolute atomic E-state index is 5.35. The van der Waals surface area contributed by atoms with E-state index in [1.54, 1.807) is 24.1 Å². The first-order chi connectivity index (χ1) is 7.24. The van der Waals surface area contributed by atoms with E-state index in [-0.39, 0.29) is 0 Å². The molecule has 2 aromatic heterocycles. The summed E-state index contributed by atoms with van der Waals surface area (Å²) >= 11 is 0. The summed E-state index contributed by atoms with van der Waals surface area (Å²) in [6.45, 7) is 2.22. The molecule has 0 fully saturated rings. The molecule has 0 aromatic carbocycles. The molecule has 15 heavy (non-hydrogen) atoms. The summed E-state index contributed by atoms with van der Waals surface area (Å²) in [5, 5.41) is 7.68. The SMILES string of the molecule is Cc1ccnc(OCc2cn(C)nn2)n1. The number of ether oxygens (including phenoxy) is 1. The first kappa shape index (κ1) is 9.57. The van der Waals surface area contributed by atoms with Gasteiger partial charge in [-0.2, -0.15) is 0 Å². The molecule has 2 aromatic rings. The van der Waals surface area contributed by atoms with E-state index < -0.39 is 0 Å². The molecular weight excluding hydrogens is 194 g/mol. The predicted molar refractivity (Wildman–Crippen MR) is 52.1 cm³/mol. The number of aromatic nitrogens is 5. The number of aryl methyl sites for hydroxylation is 2. The van der Waals surface area contributed by atoms with Gasteiger partial charge >= 0.3 is 6.01 Å². The molecule has 0 radical (unpaired) electrons. The molecule has 0 aliphatic rings. The van der Waals surface area contributed by atoms with Gasteiger partial charge in [-0.3, -0.25) is 4.68 Å². The molecule has 6 heteroatoms. The molecule has 0 amide bonds. The molecule has 2 rings (SSSR count). The van der Waals surface area contributed by atoms with Crippen LogP contribution in [0.15, 0.2) is 18.5 Å². The Labute approximate surface area is 86.9 Å². The summed E-state index contributed by atoms with van der Waals surface area (Å²) in [7, 11) is 1.81. The molecule has 0 atom stereocenters. The summed E-state index contributed by atoms with van der Waals surface area (Å²) in [5.41, 5.74) is 1.63. The van der Waals surface area contributed by atoms with Crippen molar-refractivity contribution >= 4 is 0 Å². The van der Waals surface area contributed by atoms with E-state index in [4.69, 9.17) is 4.74 Å². The number of hydrogen-bond donors (Lipinski definition) is 0. The lowest BCUT2D eigenvalue weighted by molar-refractivity contribution is 0.275. The van der Waals surface area contributed by atoms with Gasteiger partial charge in [0.2, 0.25) is 0 Å². The third kappa shape index (κ3) is 2.49. The van der Waals surface area contributed by atoms with Gasteiger partial charge < -0.3 is 4.74 Å². The average Bonchev–Trinajstić information content (AvgIpc) is 2.62. The summed E-state index contributed by atoms with van der Waals surface area (Å²) in [4.78, 5) is 8.08. The highest BCUT2D eigenvalue weighted by Crippen LogP contribution is 2.04. The van der Waals surface area contributed by atoms with Gasteiger partial charge in [-0.15, -0.1) is 5.10 Å². The zero-order chi connectivity index (χ0) is 10.7. The summed E-state index contributed by atoms with van der Waals surface area (Å²) in [5.74, 6) is 0. The summed E-state index contributed by atoms with van der Waals surface area (Å²) in [6.07, 6.45) is 3.45. The Morgan fingerprint density at radius 3 is 3.00 bits per heavy atom. The maximum Gasteiger partial charge on any atom is 0.316 e. The molecule has 0 unspecified atom stereocenters. The fourth-order valence-corrected chi connectivity index (χ4v) is 1.10. The lowest BCUT2D eigenvalue weighted by Gasteiger charge is -2.01. The molecule has 0 saturated carbocycles.